The molecule has 2 heterocycles. The molecule has 11 heavy (non-hydrogen) atoms. The quantitative estimate of drug-likeness (QED) is 0.495. The van der Waals surface area contributed by atoms with Crippen molar-refractivity contribution in [3.05, 3.63) is 32.6 Å². The molecule has 0 aliphatic rings. The summed E-state index contributed by atoms with van der Waals surface area (Å²) in [5.41, 5.74) is 0. The van der Waals surface area contributed by atoms with Crippen LogP contribution in [0.15, 0.2) is 24.8 Å². The van der Waals surface area contributed by atoms with Crippen LogP contribution in [0.25, 0.3) is 0 Å². The minimum absolute atomic E-state index is 0.408. The molecule has 0 aliphatic carbocycles. The number of hydrogen-bond acceptors (Lipinski definition) is 0. The van der Waals surface area contributed by atoms with E-state index in [9.17, 15) is 0 Å². The summed E-state index contributed by atoms with van der Waals surface area (Å²) in [6, 6.07) is 0. The molecule has 2 aromatic heterocycles. The van der Waals surface area contributed by atoms with Gasteiger partial charge in [-0.3, -0.25) is 0 Å². The van der Waals surface area contributed by atoms with Crippen LogP contribution in [0.2, 0.25) is 0 Å². The topological polar surface area (TPSA) is 63.2 Å². The van der Waals surface area contributed by atoms with Crippen LogP contribution in [0.5, 0.6) is 0 Å². The fourth-order valence-electron chi connectivity index (χ4n) is 0.692. The summed E-state index contributed by atoms with van der Waals surface area (Å²) in [5.74, 6) is 0. The Morgan fingerprint density at radius 1 is 0.727 bits per heavy atom. The van der Waals surface area contributed by atoms with Crippen molar-refractivity contribution in [1.82, 2.24) is 19.9 Å². The SMILES string of the molecule is c1c[nH][c](=[Pd]=[c]2[nH]cc[nH]2)[nH]1. The van der Waals surface area contributed by atoms with E-state index in [0.29, 0.717) is 17.1 Å². The van der Waals surface area contributed by atoms with E-state index in [0.717, 1.165) is 7.78 Å². The van der Waals surface area contributed by atoms with Gasteiger partial charge < -0.3 is 0 Å². The van der Waals surface area contributed by atoms with E-state index in [1.807, 2.05) is 24.8 Å². The van der Waals surface area contributed by atoms with Crippen molar-refractivity contribution in [3.8, 4) is 0 Å². The van der Waals surface area contributed by atoms with Crippen molar-refractivity contribution >= 4 is 0 Å². The van der Waals surface area contributed by atoms with Gasteiger partial charge in [0.25, 0.3) is 0 Å². The molecule has 0 aliphatic heterocycles. The van der Waals surface area contributed by atoms with Gasteiger partial charge in [0.1, 0.15) is 0 Å². The van der Waals surface area contributed by atoms with Crippen molar-refractivity contribution in [1.29, 1.82) is 0 Å². The molecule has 0 atom stereocenters. The first kappa shape index (κ1) is 6.77. The van der Waals surface area contributed by atoms with Gasteiger partial charge in [-0.05, 0) is 0 Å². The number of rotatable bonds is 0. The Balaban J connectivity index is 2.84. The number of nitrogens with one attached hydrogen (secondary N) is 4. The summed E-state index contributed by atoms with van der Waals surface area (Å²) in [7, 11) is 0. The monoisotopic (exact) mass is 242 g/mol. The first-order chi connectivity index (χ1) is 5.45. The van der Waals surface area contributed by atoms with Crippen LogP contribution in [0.4, 0.5) is 0 Å². The Labute approximate surface area is 69.9 Å². The fourth-order valence-corrected chi connectivity index (χ4v) is 2.05. The van der Waals surface area contributed by atoms with Crippen molar-refractivity contribution in [2.75, 3.05) is 0 Å². The maximum atomic E-state index is 3.10. The molecule has 0 fully saturated rings. The summed E-state index contributed by atoms with van der Waals surface area (Å²) in [5, 5.41) is 0. The Bertz CT molecular complexity index is 377. The zero-order chi connectivity index (χ0) is 7.52. The zero-order valence-electron chi connectivity index (χ0n) is 5.63. The molecule has 62 valence electrons. The molecule has 0 radical (unpaired) electrons. The average molecular weight is 243 g/mol. The van der Waals surface area contributed by atoms with Gasteiger partial charge in [-0.15, -0.1) is 0 Å². The van der Waals surface area contributed by atoms with E-state index in [2.05, 4.69) is 19.9 Å². The number of hydrogen-bond donors (Lipinski definition) is 4. The predicted molar refractivity (Wildman–Crippen MR) is 36.8 cm³/mol. The molecular weight excluding hydrogens is 235 g/mol. The molecule has 2 rings (SSSR count). The zero-order valence-corrected chi connectivity index (χ0v) is 7.18. The molecule has 4 nitrogen and oxygen atoms in total. The van der Waals surface area contributed by atoms with Gasteiger partial charge in [-0.2, -0.15) is 0 Å². The van der Waals surface area contributed by atoms with Crippen LogP contribution in [0.3, 0.4) is 0 Å². The van der Waals surface area contributed by atoms with E-state index in [-0.39, 0.29) is 0 Å². The summed E-state index contributed by atoms with van der Waals surface area (Å²) >= 11 is 0.408. The molecule has 5 heteroatoms. The van der Waals surface area contributed by atoms with Crippen LogP contribution in [-0.4, -0.2) is 19.9 Å². The normalized spacial score (nSPS) is 10.5. The number of aromatic nitrogens is 4. The third-order valence-electron chi connectivity index (χ3n) is 1.13. The van der Waals surface area contributed by atoms with E-state index in [1.165, 1.54) is 0 Å². The van der Waals surface area contributed by atoms with Crippen LogP contribution in [0.1, 0.15) is 0 Å². The first-order valence-corrected chi connectivity index (χ1v) is 4.69. The maximum absolute atomic E-state index is 3.10. The Hall–Kier alpha value is -0.918. The third-order valence-corrected chi connectivity index (χ3v) is 2.80. The van der Waals surface area contributed by atoms with Gasteiger partial charge in [0.2, 0.25) is 0 Å². The van der Waals surface area contributed by atoms with Crippen molar-refractivity contribution in [2.45, 2.75) is 0 Å². The third kappa shape index (κ3) is 1.56. The van der Waals surface area contributed by atoms with Gasteiger partial charge in [0.05, 0.1) is 0 Å². The molecule has 4 N–H and O–H groups in total. The van der Waals surface area contributed by atoms with Crippen LogP contribution in [0, 0.1) is 7.78 Å². The van der Waals surface area contributed by atoms with Crippen LogP contribution in [-0.2, 0) is 17.1 Å². The van der Waals surface area contributed by atoms with E-state index in [4.69, 9.17) is 0 Å². The molecular formula is C6H8N4Pd. The second kappa shape index (κ2) is 2.99. The fraction of sp³-hybridized carbons (Fsp3) is 0. The van der Waals surface area contributed by atoms with Crippen LogP contribution < -0.4 is 0 Å². The van der Waals surface area contributed by atoms with E-state index >= 15 is 0 Å². The van der Waals surface area contributed by atoms with E-state index < -0.39 is 0 Å². The van der Waals surface area contributed by atoms with Gasteiger partial charge >= 0.3 is 69.6 Å². The molecule has 0 spiro atoms. The van der Waals surface area contributed by atoms with Crippen molar-refractivity contribution in [2.24, 2.45) is 0 Å². The van der Waals surface area contributed by atoms with Gasteiger partial charge in [0, 0.05) is 0 Å². The van der Waals surface area contributed by atoms with Gasteiger partial charge in [0.15, 0.2) is 0 Å². The standard InChI is InChI=1S/2C3H4N2.Pd/c2*1-2-5-3-4-1;/h2*1-2,4-5H;. The summed E-state index contributed by atoms with van der Waals surface area (Å²) in [6.07, 6.45) is 7.54. The first-order valence-electron chi connectivity index (χ1n) is 3.14. The summed E-state index contributed by atoms with van der Waals surface area (Å²) in [4.78, 5) is 12.4. The average Bonchev–Trinajstić information content (AvgIpc) is 2.60. The predicted octanol–water partition coefficient (Wildman–Crippen LogP) is 0.846. The number of H-pyrrole nitrogens is 4. The molecule has 0 bridgehead atoms. The second-order valence-corrected chi connectivity index (χ2v) is 3.83. The molecule has 0 saturated carbocycles. The van der Waals surface area contributed by atoms with Gasteiger partial charge in [-0.1, -0.05) is 0 Å². The minimum atomic E-state index is 0.408. The summed E-state index contributed by atoms with van der Waals surface area (Å²) in [6.45, 7) is 0. The molecule has 0 aromatic carbocycles. The second-order valence-electron chi connectivity index (χ2n) is 1.89. The summed E-state index contributed by atoms with van der Waals surface area (Å²) < 4.78 is 2.27. The van der Waals surface area contributed by atoms with Crippen molar-refractivity contribution in [3.63, 3.8) is 0 Å². The van der Waals surface area contributed by atoms with Gasteiger partial charge in [-0.25, -0.2) is 0 Å². The van der Waals surface area contributed by atoms with Crippen LogP contribution >= 0.6 is 0 Å². The van der Waals surface area contributed by atoms with E-state index in [1.54, 1.807) is 0 Å². The molecule has 0 unspecified atom stereocenters. The number of imidazole rings is 2. The number of aromatic amines is 4. The molecule has 2 aromatic rings. The molecule has 0 amide bonds. The molecule has 0 saturated heterocycles. The van der Waals surface area contributed by atoms with Crippen molar-refractivity contribution < 1.29 is 17.1 Å². The Kier molecular flexibility index (Phi) is 1.84. The Morgan fingerprint density at radius 3 is 1.45 bits per heavy atom. The Morgan fingerprint density at radius 2 is 1.09 bits per heavy atom.